The number of aryl methyl sites for hydroxylation is 1. The van der Waals surface area contributed by atoms with Crippen molar-refractivity contribution >= 4 is 0 Å². The van der Waals surface area contributed by atoms with E-state index in [0.29, 0.717) is 11.8 Å². The maximum absolute atomic E-state index is 5.76. The molecule has 2 atom stereocenters. The third kappa shape index (κ3) is 3.57. The summed E-state index contributed by atoms with van der Waals surface area (Å²) in [5.41, 5.74) is 3.91. The first kappa shape index (κ1) is 16.6. The summed E-state index contributed by atoms with van der Waals surface area (Å²) in [6.07, 6.45) is 0. The topological polar surface area (TPSA) is 9.23 Å². The van der Waals surface area contributed by atoms with Crippen LogP contribution in [0.3, 0.4) is 0 Å². The Morgan fingerprint density at radius 2 is 1.75 bits per heavy atom. The van der Waals surface area contributed by atoms with Crippen molar-refractivity contribution in [3.05, 3.63) is 28.8 Å². The Morgan fingerprint density at radius 1 is 1.15 bits per heavy atom. The molecule has 20 heavy (non-hydrogen) atoms. The highest BCUT2D eigenvalue weighted by Gasteiger charge is 2.25. The van der Waals surface area contributed by atoms with Crippen LogP contribution in [0.1, 0.15) is 64.2 Å². The lowest BCUT2D eigenvalue weighted by Crippen LogP contribution is -2.16. The van der Waals surface area contributed by atoms with Gasteiger partial charge in [0.1, 0.15) is 5.75 Å². The molecule has 0 amide bonds. The second-order valence-corrected chi connectivity index (χ2v) is 6.66. The van der Waals surface area contributed by atoms with Crippen molar-refractivity contribution in [3.63, 3.8) is 0 Å². The van der Waals surface area contributed by atoms with E-state index in [4.69, 9.17) is 4.74 Å². The van der Waals surface area contributed by atoms with Crippen molar-refractivity contribution < 1.29 is 4.74 Å². The van der Waals surface area contributed by atoms with Gasteiger partial charge in [0, 0.05) is 11.5 Å². The molecular weight excluding hydrogens is 244 g/mol. The number of ether oxygens (including phenoxy) is 1. The van der Waals surface area contributed by atoms with E-state index >= 15 is 0 Å². The second-order valence-electron chi connectivity index (χ2n) is 6.66. The molecule has 1 aromatic rings. The molecule has 0 aromatic heterocycles. The van der Waals surface area contributed by atoms with Gasteiger partial charge in [0.25, 0.3) is 0 Å². The quantitative estimate of drug-likeness (QED) is 0.698. The van der Waals surface area contributed by atoms with Crippen molar-refractivity contribution in [1.29, 1.82) is 0 Å². The van der Waals surface area contributed by atoms with Crippen LogP contribution in [-0.4, -0.2) is 7.11 Å². The molecule has 0 bridgehead atoms. The highest BCUT2D eigenvalue weighted by molar-refractivity contribution is 5.49. The first-order valence-electron chi connectivity index (χ1n) is 7.33. The number of hydrogen-bond donors (Lipinski definition) is 0. The van der Waals surface area contributed by atoms with E-state index in [-0.39, 0.29) is 5.41 Å². The monoisotopic (exact) mass is 272 g/mol. The molecular formula is C19H28O. The van der Waals surface area contributed by atoms with E-state index in [1.165, 1.54) is 16.7 Å². The van der Waals surface area contributed by atoms with Crippen molar-refractivity contribution in [2.24, 2.45) is 5.92 Å². The van der Waals surface area contributed by atoms with Crippen LogP contribution >= 0.6 is 0 Å². The molecule has 0 aliphatic heterocycles. The Labute approximate surface area is 124 Å². The zero-order chi connectivity index (χ0) is 15.5. The average Bonchev–Trinajstić information content (AvgIpc) is 2.36. The molecule has 2 unspecified atom stereocenters. The SMILES string of the molecule is CC#CC(C)C(C)c1cc(C)cc(C(C)(C)C)c1OC. The van der Waals surface area contributed by atoms with Gasteiger partial charge in [-0.15, -0.1) is 5.92 Å². The lowest BCUT2D eigenvalue weighted by atomic mass is 9.80. The molecule has 1 nitrogen and oxygen atoms in total. The number of rotatable bonds is 3. The zero-order valence-corrected chi connectivity index (χ0v) is 14.2. The van der Waals surface area contributed by atoms with Crippen LogP contribution < -0.4 is 4.74 Å². The van der Waals surface area contributed by atoms with E-state index in [2.05, 4.69) is 65.5 Å². The van der Waals surface area contributed by atoms with Crippen LogP contribution in [-0.2, 0) is 5.41 Å². The predicted molar refractivity (Wildman–Crippen MR) is 87.5 cm³/mol. The molecule has 0 radical (unpaired) electrons. The summed E-state index contributed by atoms with van der Waals surface area (Å²) in [5.74, 6) is 8.00. The molecule has 1 heteroatoms. The van der Waals surface area contributed by atoms with Gasteiger partial charge in [-0.25, -0.2) is 0 Å². The van der Waals surface area contributed by atoms with E-state index in [1.807, 2.05) is 6.92 Å². The summed E-state index contributed by atoms with van der Waals surface area (Å²) in [4.78, 5) is 0. The predicted octanol–water partition coefficient (Wildman–Crippen LogP) is 5.06. The second kappa shape index (κ2) is 6.35. The first-order valence-corrected chi connectivity index (χ1v) is 7.33. The maximum atomic E-state index is 5.76. The summed E-state index contributed by atoms with van der Waals surface area (Å²) in [6.45, 7) is 15.2. The van der Waals surface area contributed by atoms with Gasteiger partial charge in [0.15, 0.2) is 0 Å². The molecule has 0 N–H and O–H groups in total. The Kier molecular flexibility index (Phi) is 5.28. The van der Waals surface area contributed by atoms with Crippen LogP contribution in [0.25, 0.3) is 0 Å². The lowest BCUT2D eigenvalue weighted by molar-refractivity contribution is 0.386. The Balaban J connectivity index is 3.45. The minimum absolute atomic E-state index is 0.0749. The molecule has 0 aliphatic carbocycles. The van der Waals surface area contributed by atoms with Gasteiger partial charge >= 0.3 is 0 Å². The molecule has 0 fully saturated rings. The Morgan fingerprint density at radius 3 is 2.20 bits per heavy atom. The third-order valence-electron chi connectivity index (χ3n) is 3.89. The summed E-state index contributed by atoms with van der Waals surface area (Å²) < 4.78 is 5.76. The molecule has 0 heterocycles. The molecule has 0 spiro atoms. The van der Waals surface area contributed by atoms with Crippen LogP contribution in [0.15, 0.2) is 12.1 Å². The molecule has 1 aromatic carbocycles. The van der Waals surface area contributed by atoms with Gasteiger partial charge in [0.05, 0.1) is 7.11 Å². The highest BCUT2D eigenvalue weighted by atomic mass is 16.5. The molecule has 0 saturated carbocycles. The smallest absolute Gasteiger partial charge is 0.126 e. The first-order chi connectivity index (χ1) is 9.22. The fourth-order valence-electron chi connectivity index (χ4n) is 2.55. The summed E-state index contributed by atoms with van der Waals surface area (Å²) in [6, 6.07) is 4.48. The van der Waals surface area contributed by atoms with E-state index in [1.54, 1.807) is 7.11 Å². The van der Waals surface area contributed by atoms with Crippen molar-refractivity contribution in [2.45, 2.75) is 59.8 Å². The van der Waals surface area contributed by atoms with Crippen LogP contribution in [0, 0.1) is 24.7 Å². The normalized spacial score (nSPS) is 14.2. The number of hydrogen-bond acceptors (Lipinski definition) is 1. The third-order valence-corrected chi connectivity index (χ3v) is 3.89. The van der Waals surface area contributed by atoms with E-state index < -0.39 is 0 Å². The standard InChI is InChI=1S/C19H28O/c1-9-10-14(3)15(4)16-11-13(2)12-17(18(16)20-8)19(5,6)7/h11-12,14-15H,1-8H3. The van der Waals surface area contributed by atoms with Crippen LogP contribution in [0.4, 0.5) is 0 Å². The summed E-state index contributed by atoms with van der Waals surface area (Å²) >= 11 is 0. The van der Waals surface area contributed by atoms with Crippen LogP contribution in [0.5, 0.6) is 5.75 Å². The van der Waals surface area contributed by atoms with Crippen molar-refractivity contribution in [2.75, 3.05) is 7.11 Å². The van der Waals surface area contributed by atoms with Crippen molar-refractivity contribution in [3.8, 4) is 17.6 Å². The average molecular weight is 272 g/mol. The van der Waals surface area contributed by atoms with Crippen LogP contribution in [0.2, 0.25) is 0 Å². The van der Waals surface area contributed by atoms with E-state index in [0.717, 1.165) is 5.75 Å². The number of methoxy groups -OCH3 is 1. The minimum atomic E-state index is 0.0749. The fraction of sp³-hybridized carbons (Fsp3) is 0.579. The Bertz CT molecular complexity index is 523. The molecule has 110 valence electrons. The van der Waals surface area contributed by atoms with E-state index in [9.17, 15) is 0 Å². The summed E-state index contributed by atoms with van der Waals surface area (Å²) in [5, 5.41) is 0. The van der Waals surface area contributed by atoms with Gasteiger partial charge in [-0.3, -0.25) is 0 Å². The van der Waals surface area contributed by atoms with Gasteiger partial charge in [0.2, 0.25) is 0 Å². The number of benzene rings is 1. The zero-order valence-electron chi connectivity index (χ0n) is 14.2. The highest BCUT2D eigenvalue weighted by Crippen LogP contribution is 2.40. The maximum Gasteiger partial charge on any atom is 0.126 e. The minimum Gasteiger partial charge on any atom is -0.496 e. The summed E-state index contributed by atoms with van der Waals surface area (Å²) in [7, 11) is 1.77. The molecule has 0 saturated heterocycles. The van der Waals surface area contributed by atoms with Gasteiger partial charge < -0.3 is 4.74 Å². The lowest BCUT2D eigenvalue weighted by Gasteiger charge is -2.27. The molecule has 0 aliphatic rings. The van der Waals surface area contributed by atoms with Crippen molar-refractivity contribution in [1.82, 2.24) is 0 Å². The Hall–Kier alpha value is -1.42. The van der Waals surface area contributed by atoms with Gasteiger partial charge in [-0.05, 0) is 30.7 Å². The van der Waals surface area contributed by atoms with Gasteiger partial charge in [-0.2, -0.15) is 0 Å². The fourth-order valence-corrected chi connectivity index (χ4v) is 2.55. The largest absolute Gasteiger partial charge is 0.496 e. The molecule has 1 rings (SSSR count). The van der Waals surface area contributed by atoms with Gasteiger partial charge in [-0.1, -0.05) is 58.2 Å².